The Morgan fingerprint density at radius 3 is 2.32 bits per heavy atom. The highest BCUT2D eigenvalue weighted by Gasteiger charge is 2.18. The lowest BCUT2D eigenvalue weighted by molar-refractivity contribution is -0.384. The van der Waals surface area contributed by atoms with Crippen molar-refractivity contribution >= 4 is 5.69 Å². The largest absolute Gasteiger partial charge is 0.481 e. The molecule has 1 saturated heterocycles. The molecule has 7 nitrogen and oxygen atoms in total. The summed E-state index contributed by atoms with van der Waals surface area (Å²) in [4.78, 5) is 19.5. The van der Waals surface area contributed by atoms with E-state index in [1.165, 1.54) is 11.6 Å². The van der Waals surface area contributed by atoms with Crippen LogP contribution in [-0.2, 0) is 13.1 Å². The zero-order chi connectivity index (χ0) is 17.6. The number of pyridine rings is 1. The summed E-state index contributed by atoms with van der Waals surface area (Å²) in [5.74, 6) is 0.630. The topological polar surface area (TPSA) is 71.7 Å². The lowest BCUT2D eigenvalue weighted by Crippen LogP contribution is -2.45. The molecular weight excluding hydrogens is 320 g/mol. The van der Waals surface area contributed by atoms with Crippen LogP contribution in [0.25, 0.3) is 0 Å². The fourth-order valence-corrected chi connectivity index (χ4v) is 3.02. The first-order valence-corrected chi connectivity index (χ1v) is 8.31. The quantitative estimate of drug-likeness (QED) is 0.593. The van der Waals surface area contributed by atoms with Crippen molar-refractivity contribution in [2.45, 2.75) is 13.1 Å². The Balaban J connectivity index is 1.49. The molecule has 0 unspecified atom stereocenters. The maximum absolute atomic E-state index is 10.9. The summed E-state index contributed by atoms with van der Waals surface area (Å²) >= 11 is 0. The molecule has 0 amide bonds. The van der Waals surface area contributed by atoms with Crippen molar-refractivity contribution in [2.75, 3.05) is 33.3 Å². The highest BCUT2D eigenvalue weighted by molar-refractivity contribution is 5.34. The zero-order valence-electron chi connectivity index (χ0n) is 14.3. The summed E-state index contributed by atoms with van der Waals surface area (Å²) < 4.78 is 5.08. The molecule has 0 spiro atoms. The first-order valence-electron chi connectivity index (χ1n) is 8.31. The van der Waals surface area contributed by atoms with E-state index in [0.717, 1.165) is 44.8 Å². The number of nitro benzene ring substituents is 1. The standard InChI is InChI=1S/C18H22N4O3/c1-25-18-6-5-16(12-19-18)14-21-9-7-20(8-10-21)13-15-3-2-4-17(11-15)22(23)24/h2-6,11-12H,7-10,13-14H2,1H3. The van der Waals surface area contributed by atoms with Crippen molar-refractivity contribution in [1.29, 1.82) is 0 Å². The maximum atomic E-state index is 10.9. The number of benzene rings is 1. The first kappa shape index (κ1) is 17.3. The predicted molar refractivity (Wildman–Crippen MR) is 94.4 cm³/mol. The van der Waals surface area contributed by atoms with Gasteiger partial charge in [-0.2, -0.15) is 0 Å². The summed E-state index contributed by atoms with van der Waals surface area (Å²) in [7, 11) is 1.61. The van der Waals surface area contributed by atoms with E-state index >= 15 is 0 Å². The summed E-state index contributed by atoms with van der Waals surface area (Å²) in [6.45, 7) is 5.47. The van der Waals surface area contributed by atoms with Crippen LogP contribution in [0.1, 0.15) is 11.1 Å². The van der Waals surface area contributed by atoms with Gasteiger partial charge in [0, 0.05) is 63.7 Å². The number of piperazine rings is 1. The Bertz CT molecular complexity index is 713. The van der Waals surface area contributed by atoms with Crippen molar-refractivity contribution in [3.63, 3.8) is 0 Å². The highest BCUT2D eigenvalue weighted by atomic mass is 16.6. The van der Waals surface area contributed by atoms with Crippen molar-refractivity contribution in [2.24, 2.45) is 0 Å². The van der Waals surface area contributed by atoms with Crippen LogP contribution < -0.4 is 4.74 Å². The molecule has 0 radical (unpaired) electrons. The lowest BCUT2D eigenvalue weighted by Gasteiger charge is -2.34. The van der Waals surface area contributed by atoms with Gasteiger partial charge in [0.25, 0.3) is 5.69 Å². The Morgan fingerprint density at radius 2 is 1.76 bits per heavy atom. The fraction of sp³-hybridized carbons (Fsp3) is 0.389. The second-order valence-corrected chi connectivity index (χ2v) is 6.19. The Hall–Kier alpha value is -2.51. The van der Waals surface area contributed by atoms with E-state index in [9.17, 15) is 10.1 Å². The molecule has 1 aliphatic heterocycles. The van der Waals surface area contributed by atoms with Gasteiger partial charge in [-0.05, 0) is 11.1 Å². The van der Waals surface area contributed by atoms with Gasteiger partial charge in [0.2, 0.25) is 5.88 Å². The number of nitro groups is 1. The van der Waals surface area contributed by atoms with Gasteiger partial charge in [0.05, 0.1) is 12.0 Å². The van der Waals surface area contributed by atoms with Gasteiger partial charge in [-0.1, -0.05) is 18.2 Å². The van der Waals surface area contributed by atoms with E-state index in [0.29, 0.717) is 5.88 Å². The molecule has 1 aliphatic rings. The molecule has 1 fully saturated rings. The highest BCUT2D eigenvalue weighted by Crippen LogP contribution is 2.16. The van der Waals surface area contributed by atoms with Crippen LogP contribution in [0.3, 0.4) is 0 Å². The molecule has 0 saturated carbocycles. The summed E-state index contributed by atoms with van der Waals surface area (Å²) in [6, 6.07) is 10.8. The average Bonchev–Trinajstić information content (AvgIpc) is 2.64. The van der Waals surface area contributed by atoms with E-state index in [-0.39, 0.29) is 10.6 Å². The van der Waals surface area contributed by atoms with Gasteiger partial charge in [0.15, 0.2) is 0 Å². The third-order valence-electron chi connectivity index (χ3n) is 4.41. The minimum Gasteiger partial charge on any atom is -0.481 e. The third-order valence-corrected chi connectivity index (χ3v) is 4.41. The molecule has 7 heteroatoms. The van der Waals surface area contributed by atoms with Crippen molar-refractivity contribution < 1.29 is 9.66 Å². The molecule has 2 heterocycles. The minimum absolute atomic E-state index is 0.156. The van der Waals surface area contributed by atoms with E-state index in [1.807, 2.05) is 24.4 Å². The van der Waals surface area contributed by atoms with Crippen molar-refractivity contribution in [3.8, 4) is 5.88 Å². The second kappa shape index (κ2) is 8.04. The third kappa shape index (κ3) is 4.74. The SMILES string of the molecule is COc1ccc(CN2CCN(Cc3cccc([N+](=O)[O-])c3)CC2)cn1. The molecule has 3 rings (SSSR count). The van der Waals surface area contributed by atoms with Gasteiger partial charge < -0.3 is 4.74 Å². The first-order chi connectivity index (χ1) is 12.1. The number of methoxy groups -OCH3 is 1. The number of rotatable bonds is 6. The van der Waals surface area contributed by atoms with Crippen molar-refractivity contribution in [1.82, 2.24) is 14.8 Å². The normalized spacial score (nSPS) is 15.9. The number of non-ortho nitro benzene ring substituents is 1. The lowest BCUT2D eigenvalue weighted by atomic mass is 10.1. The molecule has 1 aromatic heterocycles. The summed E-state index contributed by atoms with van der Waals surface area (Å²) in [6.07, 6.45) is 1.86. The van der Waals surface area contributed by atoms with Crippen molar-refractivity contribution in [3.05, 3.63) is 63.8 Å². The summed E-state index contributed by atoms with van der Waals surface area (Å²) in [5, 5.41) is 10.9. The van der Waals surface area contributed by atoms with Gasteiger partial charge in [0.1, 0.15) is 0 Å². The number of ether oxygens (including phenoxy) is 1. The molecule has 0 bridgehead atoms. The molecule has 0 atom stereocenters. The molecular formula is C18H22N4O3. The Kier molecular flexibility index (Phi) is 5.57. The number of aromatic nitrogens is 1. The number of hydrogen-bond acceptors (Lipinski definition) is 6. The zero-order valence-corrected chi connectivity index (χ0v) is 14.3. The molecule has 2 aromatic rings. The molecule has 0 aliphatic carbocycles. The van der Waals surface area contributed by atoms with Gasteiger partial charge in [-0.25, -0.2) is 4.98 Å². The molecule has 25 heavy (non-hydrogen) atoms. The predicted octanol–water partition coefficient (Wildman–Crippen LogP) is 2.32. The van der Waals surface area contributed by atoms with E-state index < -0.39 is 0 Å². The van der Waals surface area contributed by atoms with Gasteiger partial charge in [-0.15, -0.1) is 0 Å². The molecule has 132 valence electrons. The molecule has 1 aromatic carbocycles. The van der Waals surface area contributed by atoms with Crippen LogP contribution in [0.2, 0.25) is 0 Å². The van der Waals surface area contributed by atoms with Crippen LogP contribution in [0.15, 0.2) is 42.6 Å². The smallest absolute Gasteiger partial charge is 0.269 e. The van der Waals surface area contributed by atoms with Crippen LogP contribution in [0.4, 0.5) is 5.69 Å². The van der Waals surface area contributed by atoms with Gasteiger partial charge >= 0.3 is 0 Å². The summed E-state index contributed by atoms with van der Waals surface area (Å²) in [5.41, 5.74) is 2.32. The molecule has 0 N–H and O–H groups in total. The Labute approximate surface area is 147 Å². The van der Waals surface area contributed by atoms with E-state index in [4.69, 9.17) is 4.74 Å². The van der Waals surface area contributed by atoms with E-state index in [2.05, 4.69) is 14.8 Å². The fourth-order valence-electron chi connectivity index (χ4n) is 3.02. The number of hydrogen-bond donors (Lipinski definition) is 0. The average molecular weight is 342 g/mol. The maximum Gasteiger partial charge on any atom is 0.269 e. The monoisotopic (exact) mass is 342 g/mol. The minimum atomic E-state index is -0.343. The Morgan fingerprint density at radius 1 is 1.08 bits per heavy atom. The van der Waals surface area contributed by atoms with Crippen LogP contribution in [0, 0.1) is 10.1 Å². The van der Waals surface area contributed by atoms with Crippen LogP contribution >= 0.6 is 0 Å². The van der Waals surface area contributed by atoms with Crippen LogP contribution in [0.5, 0.6) is 5.88 Å². The second-order valence-electron chi connectivity index (χ2n) is 6.19. The van der Waals surface area contributed by atoms with E-state index in [1.54, 1.807) is 19.2 Å². The van der Waals surface area contributed by atoms with Gasteiger partial charge in [-0.3, -0.25) is 19.9 Å². The van der Waals surface area contributed by atoms with Crippen LogP contribution in [-0.4, -0.2) is 53.0 Å². The number of nitrogens with zero attached hydrogens (tertiary/aromatic N) is 4.